The van der Waals surface area contributed by atoms with E-state index in [0.29, 0.717) is 31.0 Å². The van der Waals surface area contributed by atoms with Crippen molar-refractivity contribution in [2.75, 3.05) is 20.1 Å². The SMILES string of the molecule is Cc1ccccc1-c1nc(C)c(COc2ccc(C(=O)N=C3CN(C)C[C@@H]3C3=NNC(O)S3)cc2)s1. The molecule has 10 heteroatoms. The van der Waals surface area contributed by atoms with Crippen LogP contribution in [0.3, 0.4) is 0 Å². The van der Waals surface area contributed by atoms with E-state index in [-0.39, 0.29) is 11.8 Å². The fourth-order valence-corrected chi connectivity index (χ4v) is 6.06. The monoisotopic (exact) mass is 521 g/mol. The molecule has 1 aromatic heterocycles. The zero-order valence-electron chi connectivity index (χ0n) is 20.3. The first-order valence-corrected chi connectivity index (χ1v) is 13.3. The van der Waals surface area contributed by atoms with Crippen LogP contribution in [0, 0.1) is 19.8 Å². The summed E-state index contributed by atoms with van der Waals surface area (Å²) in [4.78, 5) is 25.2. The summed E-state index contributed by atoms with van der Waals surface area (Å²) in [6, 6.07) is 15.3. The third-order valence-electron chi connectivity index (χ3n) is 6.13. The zero-order chi connectivity index (χ0) is 25.2. The van der Waals surface area contributed by atoms with Crippen molar-refractivity contribution < 1.29 is 14.6 Å². The van der Waals surface area contributed by atoms with Crippen LogP contribution in [0.2, 0.25) is 0 Å². The molecule has 1 unspecified atom stereocenters. The van der Waals surface area contributed by atoms with Crippen molar-refractivity contribution in [3.05, 3.63) is 70.2 Å². The average molecular weight is 522 g/mol. The van der Waals surface area contributed by atoms with Gasteiger partial charge in [0.1, 0.15) is 22.4 Å². The van der Waals surface area contributed by atoms with Gasteiger partial charge >= 0.3 is 0 Å². The van der Waals surface area contributed by atoms with E-state index in [1.807, 2.05) is 26.1 Å². The molecule has 1 saturated heterocycles. The molecule has 3 heterocycles. The summed E-state index contributed by atoms with van der Waals surface area (Å²) in [5.74, 6) is 0.290. The molecular formula is C26H27N5O3S2. The smallest absolute Gasteiger partial charge is 0.276 e. The van der Waals surface area contributed by atoms with Gasteiger partial charge in [-0.05, 0) is 50.7 Å². The highest BCUT2D eigenvalue weighted by atomic mass is 32.2. The summed E-state index contributed by atoms with van der Waals surface area (Å²) >= 11 is 2.89. The molecule has 2 aliphatic heterocycles. The van der Waals surface area contributed by atoms with E-state index in [1.54, 1.807) is 35.6 Å². The lowest BCUT2D eigenvalue weighted by atomic mass is 10.1. The van der Waals surface area contributed by atoms with Crippen molar-refractivity contribution in [1.82, 2.24) is 15.3 Å². The van der Waals surface area contributed by atoms with Gasteiger partial charge in [-0.2, -0.15) is 5.10 Å². The molecule has 0 saturated carbocycles. The van der Waals surface area contributed by atoms with Crippen LogP contribution in [0.25, 0.3) is 10.6 Å². The number of amides is 1. The van der Waals surface area contributed by atoms with Gasteiger partial charge in [0.25, 0.3) is 5.91 Å². The average Bonchev–Trinajstić information content (AvgIpc) is 3.56. The second kappa shape index (κ2) is 10.5. The summed E-state index contributed by atoms with van der Waals surface area (Å²) in [6.45, 7) is 5.80. The number of hydrazone groups is 1. The number of hydrogen-bond donors (Lipinski definition) is 2. The first-order chi connectivity index (χ1) is 17.4. The lowest BCUT2D eigenvalue weighted by Gasteiger charge is -2.09. The molecule has 3 aromatic rings. The Kier molecular flexibility index (Phi) is 7.20. The number of aryl methyl sites for hydroxylation is 2. The topological polar surface area (TPSA) is 99.4 Å². The maximum atomic E-state index is 12.9. The third-order valence-corrected chi connectivity index (χ3v) is 8.24. The highest BCUT2D eigenvalue weighted by molar-refractivity contribution is 8.14. The van der Waals surface area contributed by atoms with Crippen molar-refractivity contribution >= 4 is 39.8 Å². The van der Waals surface area contributed by atoms with Crippen molar-refractivity contribution in [2.45, 2.75) is 26.0 Å². The van der Waals surface area contributed by atoms with Crippen LogP contribution in [-0.4, -0.2) is 57.4 Å². The Morgan fingerprint density at radius 3 is 2.72 bits per heavy atom. The van der Waals surface area contributed by atoms with Gasteiger partial charge in [-0.1, -0.05) is 36.0 Å². The number of aliphatic hydroxyl groups excluding tert-OH is 1. The molecule has 2 atom stereocenters. The highest BCUT2D eigenvalue weighted by Gasteiger charge is 2.35. The van der Waals surface area contributed by atoms with Crippen LogP contribution in [0.1, 0.15) is 26.5 Å². The zero-order valence-corrected chi connectivity index (χ0v) is 21.9. The molecule has 2 aromatic carbocycles. The predicted molar refractivity (Wildman–Crippen MR) is 145 cm³/mol. The normalized spacial score (nSPS) is 21.0. The molecule has 1 fully saturated rings. The van der Waals surface area contributed by atoms with Crippen LogP contribution in [0.15, 0.2) is 58.6 Å². The number of carbonyl (C=O) groups is 1. The number of thiazole rings is 1. The van der Waals surface area contributed by atoms with Crippen LogP contribution < -0.4 is 10.2 Å². The lowest BCUT2D eigenvalue weighted by Crippen LogP contribution is -2.21. The Bertz CT molecular complexity index is 1340. The maximum absolute atomic E-state index is 12.9. The van der Waals surface area contributed by atoms with Crippen molar-refractivity contribution in [1.29, 1.82) is 0 Å². The molecule has 0 bridgehead atoms. The molecule has 36 heavy (non-hydrogen) atoms. The molecule has 0 spiro atoms. The largest absolute Gasteiger partial charge is 0.488 e. The molecule has 5 rings (SSSR count). The van der Waals surface area contributed by atoms with Gasteiger partial charge in [-0.25, -0.2) is 9.98 Å². The first kappa shape index (κ1) is 24.6. The van der Waals surface area contributed by atoms with E-state index in [1.165, 1.54) is 17.3 Å². The van der Waals surface area contributed by atoms with Crippen LogP contribution in [0.4, 0.5) is 0 Å². The van der Waals surface area contributed by atoms with Crippen LogP contribution in [0.5, 0.6) is 5.75 Å². The van der Waals surface area contributed by atoms with E-state index in [9.17, 15) is 9.90 Å². The Morgan fingerprint density at radius 2 is 2.00 bits per heavy atom. The van der Waals surface area contributed by atoms with E-state index in [0.717, 1.165) is 31.9 Å². The molecule has 0 aliphatic carbocycles. The van der Waals surface area contributed by atoms with E-state index < -0.39 is 5.56 Å². The minimum Gasteiger partial charge on any atom is -0.488 e. The minimum absolute atomic E-state index is 0.0941. The Balaban J connectivity index is 1.24. The van der Waals surface area contributed by atoms with Crippen molar-refractivity contribution in [3.63, 3.8) is 0 Å². The number of aliphatic imine (C=N–C) groups is 1. The summed E-state index contributed by atoms with van der Waals surface area (Å²) in [5.41, 5.74) is 6.45. The second-order valence-electron chi connectivity index (χ2n) is 8.86. The molecule has 1 amide bonds. The number of nitrogens with one attached hydrogen (secondary N) is 1. The summed E-state index contributed by atoms with van der Waals surface area (Å²) in [6.07, 6.45) is 0. The molecule has 2 N–H and O–H groups in total. The number of thioether (sulfide) groups is 1. The van der Waals surface area contributed by atoms with Crippen molar-refractivity contribution in [3.8, 4) is 16.3 Å². The third kappa shape index (κ3) is 5.36. The Labute approximate surface area is 218 Å². The number of benzene rings is 2. The molecule has 8 nitrogen and oxygen atoms in total. The number of hydrogen-bond acceptors (Lipinski definition) is 9. The van der Waals surface area contributed by atoms with Gasteiger partial charge in [0.2, 0.25) is 0 Å². The standard InChI is InChI=1S/C26H27N5O3S2/c1-15-6-4-5-7-19(15)24-27-16(2)22(35-24)14-34-18-10-8-17(9-11-18)23(32)28-21-13-31(3)12-20(21)25-29-30-26(33)36-25/h4-11,20,26,30,33H,12-14H2,1-3H3/t20-,26?/m0/s1. The number of carbonyl (C=O) groups excluding carboxylic acids is 1. The van der Waals surface area contributed by atoms with Crippen molar-refractivity contribution in [2.24, 2.45) is 16.0 Å². The van der Waals surface area contributed by atoms with Gasteiger partial charge < -0.3 is 9.84 Å². The van der Waals surface area contributed by atoms with E-state index in [2.05, 4.69) is 39.5 Å². The highest BCUT2D eigenvalue weighted by Crippen LogP contribution is 2.31. The number of ether oxygens (including phenoxy) is 1. The maximum Gasteiger partial charge on any atom is 0.276 e. The number of likely N-dealkylation sites (tertiary alicyclic amines) is 1. The van der Waals surface area contributed by atoms with Crippen LogP contribution >= 0.6 is 23.1 Å². The van der Waals surface area contributed by atoms with Gasteiger partial charge in [-0.3, -0.25) is 15.1 Å². The van der Waals surface area contributed by atoms with Crippen LogP contribution in [-0.2, 0) is 6.61 Å². The van der Waals surface area contributed by atoms with Gasteiger partial charge in [0, 0.05) is 29.9 Å². The van der Waals surface area contributed by atoms with Gasteiger partial charge in [0.15, 0.2) is 5.56 Å². The number of rotatable bonds is 6. The molecule has 186 valence electrons. The van der Waals surface area contributed by atoms with Gasteiger partial charge in [0.05, 0.1) is 16.5 Å². The van der Waals surface area contributed by atoms with E-state index >= 15 is 0 Å². The predicted octanol–water partition coefficient (Wildman–Crippen LogP) is 4.07. The molecule has 0 radical (unpaired) electrons. The number of aromatic nitrogens is 1. The molecule has 2 aliphatic rings. The second-order valence-corrected chi connectivity index (χ2v) is 11.0. The summed E-state index contributed by atoms with van der Waals surface area (Å²) < 4.78 is 6.00. The minimum atomic E-state index is -0.752. The Hall–Kier alpha value is -3.05. The molecular weight excluding hydrogens is 494 g/mol. The number of nitrogens with zero attached hydrogens (tertiary/aromatic N) is 4. The fourth-order valence-electron chi connectivity index (χ4n) is 4.18. The Morgan fingerprint density at radius 1 is 1.22 bits per heavy atom. The van der Waals surface area contributed by atoms with Gasteiger partial charge in [-0.15, -0.1) is 11.3 Å². The lowest BCUT2D eigenvalue weighted by molar-refractivity contribution is 0.100. The fraction of sp³-hybridized carbons (Fsp3) is 0.308. The quantitative estimate of drug-likeness (QED) is 0.504. The summed E-state index contributed by atoms with van der Waals surface area (Å²) in [7, 11) is 1.98. The summed E-state index contributed by atoms with van der Waals surface area (Å²) in [5, 5.41) is 15.6. The number of aliphatic hydroxyl groups is 1. The van der Waals surface area contributed by atoms with E-state index in [4.69, 9.17) is 9.72 Å². The first-order valence-electron chi connectivity index (χ1n) is 11.6.